The number of hydrogen-bond acceptors (Lipinski definition) is 6. The molecule has 0 radical (unpaired) electrons. The molecular weight excluding hydrogens is 235 g/mol. The van der Waals surface area contributed by atoms with Gasteiger partial charge in [-0.1, -0.05) is 0 Å². The van der Waals surface area contributed by atoms with Crippen LogP contribution in [0, 0.1) is 0 Å². The van der Waals surface area contributed by atoms with Gasteiger partial charge in [0.2, 0.25) is 0 Å². The molecular formula is C7H8MnO6. The van der Waals surface area contributed by atoms with E-state index in [1.165, 1.54) is 0 Å². The van der Waals surface area contributed by atoms with Crippen molar-refractivity contribution in [2.75, 3.05) is 0 Å². The van der Waals surface area contributed by atoms with Gasteiger partial charge in [-0.3, -0.25) is 0 Å². The molecule has 0 aromatic carbocycles. The van der Waals surface area contributed by atoms with E-state index in [0.717, 1.165) is 0 Å². The molecule has 0 aromatic heterocycles. The molecule has 0 heterocycles. The average molecular weight is 243 g/mol. The van der Waals surface area contributed by atoms with Crippen LogP contribution in [-0.4, -0.2) is 30.6 Å². The van der Waals surface area contributed by atoms with Gasteiger partial charge in [0, 0.05) is 0 Å². The van der Waals surface area contributed by atoms with Crippen LogP contribution in [0.15, 0.2) is 0 Å². The minimum absolute atomic E-state index is 0.390. The Labute approximate surface area is 77.6 Å². The van der Waals surface area contributed by atoms with Gasteiger partial charge >= 0.3 is 77.0 Å². The van der Waals surface area contributed by atoms with Gasteiger partial charge in [-0.05, 0) is 0 Å². The maximum absolute atomic E-state index is 11.2. The van der Waals surface area contributed by atoms with Crippen LogP contribution in [0.1, 0.15) is 6.92 Å². The van der Waals surface area contributed by atoms with E-state index in [1.807, 2.05) is 0 Å². The third kappa shape index (κ3) is 0.853. The van der Waals surface area contributed by atoms with Crippen LogP contribution in [-0.2, 0) is 39.5 Å². The first kappa shape index (κ1) is 12.5. The molecule has 0 aliphatic carbocycles. The molecule has 0 rings (SSSR count). The van der Waals surface area contributed by atoms with Gasteiger partial charge in [0.15, 0.2) is 0 Å². The third-order valence-electron chi connectivity index (χ3n) is 2.02. The standard InChI is InChI=1S/C2H3O.5CHO.Mn/c1-2-3;5*1-2;/h1H3;5*1H;. The van der Waals surface area contributed by atoms with Gasteiger partial charge in [-0.25, -0.2) is 0 Å². The molecule has 0 aliphatic heterocycles. The zero-order valence-corrected chi connectivity index (χ0v) is 8.39. The SMILES string of the molecule is C[C](=O)[Mn]([CH]=O)([CH]=O)([CH]=O)([CH]=O)[CH]=O. The van der Waals surface area contributed by atoms with Crippen LogP contribution in [0.3, 0.4) is 0 Å². The van der Waals surface area contributed by atoms with Crippen LogP contribution in [0.25, 0.3) is 0 Å². The fraction of sp³-hybridized carbons (Fsp3) is 0.143. The number of carbonyl (C=O) groups excluding carboxylic acids is 6. The van der Waals surface area contributed by atoms with Gasteiger partial charge < -0.3 is 0 Å². The summed E-state index contributed by atoms with van der Waals surface area (Å²) in [5.41, 5.74) is 0. The summed E-state index contributed by atoms with van der Waals surface area (Å²) in [4.78, 5) is 65.0. The molecule has 79 valence electrons. The van der Waals surface area contributed by atoms with Crippen molar-refractivity contribution in [3.63, 3.8) is 0 Å². The summed E-state index contributed by atoms with van der Waals surface area (Å²) in [6, 6.07) is 0. The van der Waals surface area contributed by atoms with E-state index < -0.39 is 41.3 Å². The summed E-state index contributed by atoms with van der Waals surface area (Å²) in [6.45, 7) is 0.699. The predicted molar refractivity (Wildman–Crippen MR) is 44.4 cm³/mol. The van der Waals surface area contributed by atoms with Gasteiger partial charge in [0.25, 0.3) is 0 Å². The van der Waals surface area contributed by atoms with E-state index in [1.54, 1.807) is 0 Å². The van der Waals surface area contributed by atoms with Crippen molar-refractivity contribution < 1.29 is 39.5 Å². The number of rotatable bonds is 6. The first-order valence-electron chi connectivity index (χ1n) is 3.16. The molecule has 0 atom stereocenters. The summed E-state index contributed by atoms with van der Waals surface area (Å²) in [5.74, 6) is 0. The normalized spacial score (nSPS) is 15.5. The van der Waals surface area contributed by atoms with Crippen molar-refractivity contribution in [3.05, 3.63) is 0 Å². The summed E-state index contributed by atoms with van der Waals surface area (Å²) in [7, 11) is -6.30. The molecule has 0 bridgehead atoms. The van der Waals surface area contributed by atoms with Crippen LogP contribution < -0.4 is 0 Å². The second-order valence-corrected chi connectivity index (χ2v) is 10.6. The molecule has 0 fully saturated rings. The summed E-state index contributed by atoms with van der Waals surface area (Å²) in [5, 5.41) is -1.95. The van der Waals surface area contributed by atoms with Gasteiger partial charge in [0.05, 0.1) is 0 Å². The number of hydrogen-bond donors (Lipinski definition) is 0. The fourth-order valence-corrected chi connectivity index (χ4v) is 2.16. The molecule has 0 unspecified atom stereocenters. The quantitative estimate of drug-likeness (QED) is 0.424. The van der Waals surface area contributed by atoms with Crippen molar-refractivity contribution in [2.24, 2.45) is 0 Å². The van der Waals surface area contributed by atoms with Crippen molar-refractivity contribution in [2.45, 2.75) is 6.92 Å². The second kappa shape index (κ2) is 2.76. The molecule has 0 aliphatic rings. The Bertz CT molecular complexity index is 297. The molecule has 6 nitrogen and oxygen atoms in total. The van der Waals surface area contributed by atoms with Crippen molar-refractivity contribution in [3.8, 4) is 0 Å². The first-order chi connectivity index (χ1) is 6.37. The summed E-state index contributed by atoms with van der Waals surface area (Å²) in [6.07, 6.45) is 0. The van der Waals surface area contributed by atoms with E-state index in [9.17, 15) is 28.8 Å². The topological polar surface area (TPSA) is 102 Å². The zero-order valence-electron chi connectivity index (χ0n) is 7.21. The number of carbonyl (C=O) groups is 6. The Hall–Kier alpha value is -1.46. The molecule has 0 N–H and O–H groups in total. The summed E-state index contributed by atoms with van der Waals surface area (Å²) >= 11 is 0. The van der Waals surface area contributed by atoms with Crippen LogP contribution in [0.4, 0.5) is 0 Å². The van der Waals surface area contributed by atoms with E-state index in [4.69, 9.17) is 0 Å². The Balaban J connectivity index is 6.74. The second-order valence-electron chi connectivity index (χ2n) is 2.72. The van der Waals surface area contributed by atoms with Crippen LogP contribution >= 0.6 is 0 Å². The molecule has 7 heteroatoms. The van der Waals surface area contributed by atoms with E-state index in [2.05, 4.69) is 0 Å². The Morgan fingerprint density at radius 2 is 1.00 bits per heavy atom. The zero-order chi connectivity index (χ0) is 11.5. The molecule has 0 spiro atoms. The first-order valence-corrected chi connectivity index (χ1v) is 7.16. The molecule has 0 saturated carbocycles. The summed E-state index contributed by atoms with van der Waals surface area (Å²) < 4.78 is -1.30. The van der Waals surface area contributed by atoms with Crippen molar-refractivity contribution >= 4 is 30.6 Å². The Morgan fingerprint density at radius 3 is 1.00 bits per heavy atom. The van der Waals surface area contributed by atoms with Crippen LogP contribution in [0.2, 0.25) is 0 Å². The Morgan fingerprint density at radius 1 is 0.786 bits per heavy atom. The average Bonchev–Trinajstić information content (AvgIpc) is 2.25. The predicted octanol–water partition coefficient (Wildman–Crippen LogP) is -1.29. The van der Waals surface area contributed by atoms with Gasteiger partial charge in [0.1, 0.15) is 0 Å². The monoisotopic (exact) mass is 243 g/mol. The fourth-order valence-electron chi connectivity index (χ4n) is 0.524. The molecule has 0 amide bonds. The maximum atomic E-state index is 11.2. The Kier molecular flexibility index (Phi) is 2.47. The minimum atomic E-state index is -6.30. The van der Waals surface area contributed by atoms with Gasteiger partial charge in [-0.2, -0.15) is 0 Å². The molecule has 14 heavy (non-hydrogen) atoms. The van der Waals surface area contributed by atoms with E-state index in [0.29, 0.717) is 6.92 Å². The molecule has 0 saturated heterocycles. The van der Waals surface area contributed by atoms with E-state index in [-0.39, 0.29) is 0 Å². The third-order valence-corrected chi connectivity index (χ3v) is 8.33. The van der Waals surface area contributed by atoms with Crippen LogP contribution in [0.5, 0.6) is 0 Å². The molecule has 0 aromatic rings. The van der Waals surface area contributed by atoms with E-state index >= 15 is 0 Å². The van der Waals surface area contributed by atoms with Gasteiger partial charge in [-0.15, -0.1) is 0 Å². The van der Waals surface area contributed by atoms with Crippen molar-refractivity contribution in [1.82, 2.24) is 0 Å². The van der Waals surface area contributed by atoms with Crippen molar-refractivity contribution in [1.29, 1.82) is 0 Å².